The molecule has 3 heterocycles. The molecule has 3 rings (SSSR count). The monoisotopic (exact) mass is 487 g/mol. The van der Waals surface area contributed by atoms with Crippen molar-refractivity contribution in [1.29, 1.82) is 0 Å². The molecule has 186 valence electrons. The number of hydrogen-bond acceptors (Lipinski definition) is 7. The molecule has 1 aliphatic rings. The van der Waals surface area contributed by atoms with Gasteiger partial charge in [0, 0.05) is 20.1 Å². The number of pyridine rings is 1. The number of aromatic nitrogens is 3. The van der Waals surface area contributed by atoms with Crippen LogP contribution in [0.4, 0.5) is 15.0 Å². The topological polar surface area (TPSA) is 118 Å². The number of rotatable bonds is 1. The Morgan fingerprint density at radius 2 is 1.82 bits per heavy atom. The van der Waals surface area contributed by atoms with Gasteiger partial charge in [-0.15, -0.1) is 0 Å². The Bertz CT molecular complexity index is 872. The second-order valence-corrected chi connectivity index (χ2v) is 8.07. The fraction of sp³-hybridized carbons (Fsp3) is 0.591. The molecule has 0 aromatic carbocycles. The van der Waals surface area contributed by atoms with Gasteiger partial charge >= 0.3 is 6.09 Å². The van der Waals surface area contributed by atoms with E-state index >= 15 is 0 Å². The van der Waals surface area contributed by atoms with Gasteiger partial charge in [0.15, 0.2) is 5.82 Å². The molecule has 0 atom stereocenters. The number of likely N-dealkylation sites (tertiary alicyclic amines) is 1. The van der Waals surface area contributed by atoms with Crippen molar-refractivity contribution in [2.75, 3.05) is 25.5 Å². The summed E-state index contributed by atoms with van der Waals surface area (Å²) in [5, 5.41) is 10.3. The van der Waals surface area contributed by atoms with Crippen molar-refractivity contribution in [1.82, 2.24) is 19.9 Å². The molecule has 0 radical (unpaired) electrons. The van der Waals surface area contributed by atoms with Crippen molar-refractivity contribution in [2.24, 2.45) is 0 Å². The summed E-state index contributed by atoms with van der Waals surface area (Å²) in [5.41, 5.74) is 2.07. The van der Waals surface area contributed by atoms with Gasteiger partial charge < -0.3 is 20.1 Å². The van der Waals surface area contributed by atoms with Crippen molar-refractivity contribution in [3.63, 3.8) is 0 Å². The number of carboxylic acid groups (broad SMARTS) is 1. The maximum absolute atomic E-state index is 12.8. The molecule has 0 bridgehead atoms. The minimum atomic E-state index is -0.756. The highest BCUT2D eigenvalue weighted by molar-refractivity contribution is 6.30. The molecule has 2 aromatic heterocycles. The molecular formula is C22H35ClFN5O4. The highest BCUT2D eigenvalue weighted by Gasteiger charge is 2.26. The zero-order chi connectivity index (χ0) is 25.6. The van der Waals surface area contributed by atoms with E-state index in [4.69, 9.17) is 26.2 Å². The smallest absolute Gasteiger partial charge is 0.410 e. The third-order valence-corrected chi connectivity index (χ3v) is 4.26. The minimum Gasteiger partial charge on any atom is -0.483 e. The van der Waals surface area contributed by atoms with Crippen LogP contribution >= 0.6 is 11.6 Å². The van der Waals surface area contributed by atoms with E-state index in [0.717, 1.165) is 11.1 Å². The zero-order valence-corrected chi connectivity index (χ0v) is 21.1. The number of piperidine rings is 1. The van der Waals surface area contributed by atoms with Crippen LogP contribution in [0.2, 0.25) is 5.15 Å². The van der Waals surface area contributed by atoms with Gasteiger partial charge in [0.05, 0.1) is 5.52 Å². The Labute approximate surface area is 199 Å². The van der Waals surface area contributed by atoms with E-state index < -0.39 is 11.8 Å². The number of carbonyl (C=O) groups is 2. The first kappa shape index (κ1) is 30.2. The predicted molar refractivity (Wildman–Crippen MR) is 129 cm³/mol. The molecular weight excluding hydrogens is 453 g/mol. The molecule has 2 aromatic rings. The SMILES string of the molecule is CC.CC(C)(C)OC(=O)N1CCC(F)CC1.CNc1ncnc2c(C)cc(Cl)nc12.O=CO. The number of amides is 1. The van der Waals surface area contributed by atoms with Gasteiger partial charge in [-0.05, 0) is 52.2 Å². The van der Waals surface area contributed by atoms with Gasteiger partial charge in [0.25, 0.3) is 6.47 Å². The maximum atomic E-state index is 12.8. The number of carbonyl (C=O) groups excluding carboxylic acids is 1. The maximum Gasteiger partial charge on any atom is 0.410 e. The minimum absolute atomic E-state index is 0.250. The van der Waals surface area contributed by atoms with E-state index in [9.17, 15) is 9.18 Å². The van der Waals surface area contributed by atoms with Crippen LogP contribution < -0.4 is 5.32 Å². The summed E-state index contributed by atoms with van der Waals surface area (Å²) in [6.07, 6.45) is 1.29. The first-order valence-corrected chi connectivity index (χ1v) is 11.1. The van der Waals surface area contributed by atoms with Gasteiger partial charge in [0.1, 0.15) is 28.8 Å². The van der Waals surface area contributed by atoms with Crippen LogP contribution in [0.5, 0.6) is 0 Å². The summed E-state index contributed by atoms with van der Waals surface area (Å²) in [4.78, 5) is 33.8. The van der Waals surface area contributed by atoms with E-state index in [2.05, 4.69) is 20.3 Å². The molecule has 0 spiro atoms. The zero-order valence-electron chi connectivity index (χ0n) is 20.4. The molecule has 1 amide bonds. The van der Waals surface area contributed by atoms with Crippen molar-refractivity contribution in [3.05, 3.63) is 23.1 Å². The van der Waals surface area contributed by atoms with Crippen molar-refractivity contribution < 1.29 is 23.8 Å². The lowest BCUT2D eigenvalue weighted by Gasteiger charge is -2.31. The number of ether oxygens (including phenoxy) is 1. The third-order valence-electron chi connectivity index (χ3n) is 4.06. The summed E-state index contributed by atoms with van der Waals surface area (Å²) < 4.78 is 18.0. The quantitative estimate of drug-likeness (QED) is 0.420. The number of halogens is 2. The summed E-state index contributed by atoms with van der Waals surface area (Å²) in [7, 11) is 1.79. The van der Waals surface area contributed by atoms with E-state index in [0.29, 0.717) is 42.4 Å². The standard InChI is InChI=1S/C10H18FNO2.C9H9ClN4.C2H6.CH2O2/c1-10(2,3)14-9(13)12-6-4-8(11)5-7-12;1-5-3-6(10)14-8-7(5)12-4-13-9(8)11-2;1-2;2-1-3/h8H,4-7H2,1-3H3;3-4H,1-2H3,(H,11,12,13);1-2H3;1H,(H,2,3). The first-order chi connectivity index (χ1) is 15.5. The fourth-order valence-corrected chi connectivity index (χ4v) is 2.95. The average Bonchev–Trinajstić information content (AvgIpc) is 2.75. The lowest BCUT2D eigenvalue weighted by atomic mass is 10.1. The average molecular weight is 488 g/mol. The predicted octanol–water partition coefficient (Wildman–Crippen LogP) is 5.11. The molecule has 1 saturated heterocycles. The Morgan fingerprint density at radius 3 is 2.30 bits per heavy atom. The van der Waals surface area contributed by atoms with E-state index in [1.54, 1.807) is 18.0 Å². The molecule has 33 heavy (non-hydrogen) atoms. The highest BCUT2D eigenvalue weighted by Crippen LogP contribution is 2.22. The van der Waals surface area contributed by atoms with Crippen LogP contribution in [-0.4, -0.2) is 69.4 Å². The van der Waals surface area contributed by atoms with Crippen LogP contribution in [0.1, 0.15) is 53.0 Å². The van der Waals surface area contributed by atoms with Gasteiger partial charge in [-0.25, -0.2) is 24.1 Å². The Hall–Kier alpha value is -2.75. The lowest BCUT2D eigenvalue weighted by Crippen LogP contribution is -2.42. The first-order valence-electron chi connectivity index (χ1n) is 10.7. The van der Waals surface area contributed by atoms with Crippen molar-refractivity contribution in [2.45, 2.75) is 66.2 Å². The second kappa shape index (κ2) is 15.2. The molecule has 11 heteroatoms. The van der Waals surface area contributed by atoms with E-state index in [1.807, 2.05) is 41.5 Å². The fourth-order valence-electron chi connectivity index (χ4n) is 2.70. The van der Waals surface area contributed by atoms with Crippen LogP contribution in [0.25, 0.3) is 11.0 Å². The Balaban J connectivity index is 0.000000520. The number of nitrogens with one attached hydrogen (secondary N) is 1. The Morgan fingerprint density at radius 1 is 1.27 bits per heavy atom. The summed E-state index contributed by atoms with van der Waals surface area (Å²) in [6.45, 7) is 12.1. The van der Waals surface area contributed by atoms with Crippen molar-refractivity contribution in [3.8, 4) is 0 Å². The normalized spacial score (nSPS) is 13.3. The van der Waals surface area contributed by atoms with Crippen molar-refractivity contribution >= 4 is 41.0 Å². The number of alkyl halides is 1. The van der Waals surface area contributed by atoms with Gasteiger partial charge in [0.2, 0.25) is 0 Å². The van der Waals surface area contributed by atoms with Crippen LogP contribution in [0.15, 0.2) is 12.4 Å². The second-order valence-electron chi connectivity index (χ2n) is 7.68. The number of anilines is 1. The Kier molecular flexibility index (Phi) is 13.9. The number of hydrogen-bond donors (Lipinski definition) is 2. The number of fused-ring (bicyclic) bond motifs is 1. The van der Waals surface area contributed by atoms with Gasteiger partial charge in [-0.1, -0.05) is 25.4 Å². The molecule has 9 nitrogen and oxygen atoms in total. The lowest BCUT2D eigenvalue weighted by molar-refractivity contribution is -0.122. The highest BCUT2D eigenvalue weighted by atomic mass is 35.5. The largest absolute Gasteiger partial charge is 0.483 e. The van der Waals surface area contributed by atoms with Crippen LogP contribution in [0, 0.1) is 6.92 Å². The third kappa shape index (κ3) is 11.1. The molecule has 0 aliphatic carbocycles. The van der Waals surface area contributed by atoms with Crippen LogP contribution in [0.3, 0.4) is 0 Å². The molecule has 0 saturated carbocycles. The van der Waals surface area contributed by atoms with Crippen LogP contribution in [-0.2, 0) is 9.53 Å². The molecule has 0 unspecified atom stereocenters. The summed E-state index contributed by atoms with van der Waals surface area (Å²) >= 11 is 5.86. The molecule has 1 fully saturated rings. The number of nitrogens with zero attached hydrogens (tertiary/aromatic N) is 4. The van der Waals surface area contributed by atoms with Gasteiger partial charge in [-0.3, -0.25) is 4.79 Å². The summed E-state index contributed by atoms with van der Waals surface area (Å²) in [6, 6.07) is 1.79. The summed E-state index contributed by atoms with van der Waals surface area (Å²) in [5.74, 6) is 0.695. The number of aryl methyl sites for hydroxylation is 1. The molecule has 2 N–H and O–H groups in total. The van der Waals surface area contributed by atoms with E-state index in [-0.39, 0.29) is 12.6 Å². The molecule has 1 aliphatic heterocycles. The van der Waals surface area contributed by atoms with E-state index in [1.165, 1.54) is 6.33 Å². The van der Waals surface area contributed by atoms with Gasteiger partial charge in [-0.2, -0.15) is 0 Å².